The van der Waals surface area contributed by atoms with Gasteiger partial charge in [-0.1, -0.05) is 18.2 Å². The molecule has 0 bridgehead atoms. The number of fused-ring (bicyclic) bond motifs is 1. The Bertz CT molecular complexity index is 739. The molecule has 2 heterocycles. The predicted octanol–water partition coefficient (Wildman–Crippen LogP) is 1.32. The Morgan fingerprint density at radius 2 is 1.90 bits per heavy atom. The van der Waals surface area contributed by atoms with Gasteiger partial charge in [-0.05, 0) is 6.07 Å². The Balaban J connectivity index is 2.28. The van der Waals surface area contributed by atoms with Crippen LogP contribution in [0.4, 0.5) is 5.69 Å². The van der Waals surface area contributed by atoms with Gasteiger partial charge in [-0.2, -0.15) is 8.42 Å². The second kappa shape index (κ2) is 5.01. The van der Waals surface area contributed by atoms with Crippen molar-refractivity contribution in [2.24, 2.45) is 0 Å². The van der Waals surface area contributed by atoms with Crippen molar-refractivity contribution in [1.29, 1.82) is 0 Å². The van der Waals surface area contributed by atoms with E-state index in [1.807, 2.05) is 29.2 Å². The van der Waals surface area contributed by atoms with Crippen LogP contribution in [-0.2, 0) is 14.9 Å². The summed E-state index contributed by atoms with van der Waals surface area (Å²) in [4.78, 5) is 5.86. The summed E-state index contributed by atoms with van der Waals surface area (Å²) < 4.78 is 37.9. The lowest BCUT2D eigenvalue weighted by Gasteiger charge is -2.30. The minimum absolute atomic E-state index is 0.155. The maximum Gasteiger partial charge on any atom is 0.298 e. The number of benzene rings is 1. The second-order valence-electron chi connectivity index (χ2n) is 4.56. The highest BCUT2D eigenvalue weighted by Crippen LogP contribution is 2.32. The number of aromatic nitrogens is 1. The third-order valence-electron chi connectivity index (χ3n) is 3.32. The molecule has 0 spiro atoms. The number of morpholine rings is 1. The van der Waals surface area contributed by atoms with Crippen LogP contribution >= 0.6 is 0 Å². The smallest absolute Gasteiger partial charge is 0.298 e. The van der Waals surface area contributed by atoms with E-state index in [-0.39, 0.29) is 4.90 Å². The monoisotopic (exact) mass is 294 g/mol. The van der Waals surface area contributed by atoms with E-state index < -0.39 is 10.1 Å². The maximum absolute atomic E-state index is 11.6. The van der Waals surface area contributed by atoms with Crippen molar-refractivity contribution in [3.05, 3.63) is 30.5 Å². The number of rotatable bonds is 2. The average molecular weight is 294 g/mol. The van der Waals surface area contributed by atoms with Crippen molar-refractivity contribution in [3.63, 3.8) is 0 Å². The van der Waals surface area contributed by atoms with Gasteiger partial charge in [0.05, 0.1) is 30.6 Å². The van der Waals surface area contributed by atoms with Gasteiger partial charge in [0.2, 0.25) is 0 Å². The summed E-state index contributed by atoms with van der Waals surface area (Å²) in [5.74, 6) is 0. The van der Waals surface area contributed by atoms with Crippen LogP contribution in [0, 0.1) is 0 Å². The molecule has 1 N–H and O–H groups in total. The Kier molecular flexibility index (Phi) is 3.33. The number of hydrogen-bond acceptors (Lipinski definition) is 5. The van der Waals surface area contributed by atoms with Crippen LogP contribution in [-0.4, -0.2) is 44.3 Å². The standard InChI is InChI=1S/C13H14N2O4S/c16-20(17,18)12-9-14-11-4-2-1-3-10(11)13(12)15-5-7-19-8-6-15/h1-4,9H,5-8H2,(H,16,17,18). The summed E-state index contributed by atoms with van der Waals surface area (Å²) in [6.45, 7) is 2.22. The van der Waals surface area contributed by atoms with Gasteiger partial charge in [0, 0.05) is 18.5 Å². The molecular formula is C13H14N2O4S. The number of anilines is 1. The van der Waals surface area contributed by atoms with Crippen LogP contribution in [0.5, 0.6) is 0 Å². The van der Waals surface area contributed by atoms with E-state index >= 15 is 0 Å². The molecule has 0 aliphatic carbocycles. The predicted molar refractivity (Wildman–Crippen MR) is 74.6 cm³/mol. The Morgan fingerprint density at radius 1 is 1.20 bits per heavy atom. The van der Waals surface area contributed by atoms with Crippen LogP contribution < -0.4 is 4.90 Å². The maximum atomic E-state index is 11.6. The lowest BCUT2D eigenvalue weighted by Crippen LogP contribution is -2.37. The molecule has 106 valence electrons. The molecule has 1 fully saturated rings. The molecule has 1 aromatic carbocycles. The lowest BCUT2D eigenvalue weighted by atomic mass is 10.1. The van der Waals surface area contributed by atoms with E-state index in [9.17, 15) is 13.0 Å². The van der Waals surface area contributed by atoms with Crippen LogP contribution in [0.3, 0.4) is 0 Å². The summed E-state index contributed by atoms with van der Waals surface area (Å²) in [6.07, 6.45) is 1.21. The molecule has 2 aromatic rings. The third kappa shape index (κ3) is 2.35. The number of pyridine rings is 1. The first-order valence-electron chi connectivity index (χ1n) is 6.25. The van der Waals surface area contributed by atoms with Gasteiger partial charge in [-0.15, -0.1) is 0 Å². The lowest BCUT2D eigenvalue weighted by molar-refractivity contribution is 0.122. The molecule has 0 radical (unpaired) electrons. The molecule has 1 aliphatic heterocycles. The quantitative estimate of drug-likeness (QED) is 0.841. The van der Waals surface area contributed by atoms with Gasteiger partial charge in [-0.3, -0.25) is 9.54 Å². The fraction of sp³-hybridized carbons (Fsp3) is 0.308. The molecule has 3 rings (SSSR count). The van der Waals surface area contributed by atoms with E-state index in [1.165, 1.54) is 6.20 Å². The first-order valence-corrected chi connectivity index (χ1v) is 7.69. The third-order valence-corrected chi connectivity index (χ3v) is 4.17. The number of hydrogen-bond donors (Lipinski definition) is 1. The van der Waals surface area contributed by atoms with Crippen molar-refractivity contribution in [2.75, 3.05) is 31.2 Å². The van der Waals surface area contributed by atoms with Crippen molar-refractivity contribution < 1.29 is 17.7 Å². The highest BCUT2D eigenvalue weighted by Gasteiger charge is 2.24. The van der Waals surface area contributed by atoms with E-state index in [2.05, 4.69) is 4.98 Å². The fourth-order valence-electron chi connectivity index (χ4n) is 2.41. The molecule has 0 unspecified atom stereocenters. The van der Waals surface area contributed by atoms with Gasteiger partial charge in [0.15, 0.2) is 0 Å². The molecule has 0 atom stereocenters. The summed E-state index contributed by atoms with van der Waals surface area (Å²) in [6, 6.07) is 7.28. The SMILES string of the molecule is O=S(=O)(O)c1cnc2ccccc2c1N1CCOCC1. The molecule has 1 aliphatic rings. The molecule has 0 saturated carbocycles. The largest absolute Gasteiger partial charge is 0.378 e. The minimum atomic E-state index is -4.32. The van der Waals surface area contributed by atoms with Crippen LogP contribution in [0.15, 0.2) is 35.4 Å². The topological polar surface area (TPSA) is 79.7 Å². The molecular weight excluding hydrogens is 280 g/mol. The molecule has 6 nitrogen and oxygen atoms in total. The van der Waals surface area contributed by atoms with Crippen molar-refractivity contribution >= 4 is 26.7 Å². The number of nitrogens with zero attached hydrogens (tertiary/aromatic N) is 2. The molecule has 7 heteroatoms. The molecule has 0 amide bonds. The second-order valence-corrected chi connectivity index (χ2v) is 5.95. The molecule has 1 aromatic heterocycles. The van der Waals surface area contributed by atoms with Crippen molar-refractivity contribution in [1.82, 2.24) is 4.98 Å². The van der Waals surface area contributed by atoms with Crippen molar-refractivity contribution in [2.45, 2.75) is 4.90 Å². The zero-order chi connectivity index (χ0) is 14.2. The van der Waals surface area contributed by atoms with Gasteiger partial charge < -0.3 is 9.64 Å². The van der Waals surface area contributed by atoms with Gasteiger partial charge in [-0.25, -0.2) is 0 Å². The normalized spacial score (nSPS) is 16.6. The van der Waals surface area contributed by atoms with E-state index in [0.717, 1.165) is 0 Å². The summed E-state index contributed by atoms with van der Waals surface area (Å²) in [5, 5.41) is 0.713. The van der Waals surface area contributed by atoms with E-state index in [1.54, 1.807) is 0 Å². The van der Waals surface area contributed by atoms with Gasteiger partial charge >= 0.3 is 0 Å². The highest BCUT2D eigenvalue weighted by atomic mass is 32.2. The van der Waals surface area contributed by atoms with Crippen LogP contribution in [0.2, 0.25) is 0 Å². The first kappa shape index (κ1) is 13.3. The molecule has 20 heavy (non-hydrogen) atoms. The fourth-order valence-corrected chi connectivity index (χ4v) is 3.08. The van der Waals surface area contributed by atoms with E-state index in [0.29, 0.717) is 42.9 Å². The number of ether oxygens (including phenoxy) is 1. The average Bonchev–Trinajstić information content (AvgIpc) is 2.46. The zero-order valence-electron chi connectivity index (χ0n) is 10.7. The van der Waals surface area contributed by atoms with Gasteiger partial charge in [0.25, 0.3) is 10.1 Å². The summed E-state index contributed by atoms with van der Waals surface area (Å²) >= 11 is 0. The Morgan fingerprint density at radius 3 is 2.60 bits per heavy atom. The zero-order valence-corrected chi connectivity index (χ0v) is 11.5. The Labute approximate surface area is 116 Å². The van der Waals surface area contributed by atoms with Crippen LogP contribution in [0.1, 0.15) is 0 Å². The highest BCUT2D eigenvalue weighted by molar-refractivity contribution is 7.86. The van der Waals surface area contributed by atoms with Crippen molar-refractivity contribution in [3.8, 4) is 0 Å². The number of para-hydroxylation sites is 1. The summed E-state index contributed by atoms with van der Waals surface area (Å²) in [5.41, 5.74) is 1.20. The Hall–Kier alpha value is -1.70. The van der Waals surface area contributed by atoms with Gasteiger partial charge in [0.1, 0.15) is 4.90 Å². The van der Waals surface area contributed by atoms with Crippen LogP contribution in [0.25, 0.3) is 10.9 Å². The summed E-state index contributed by atoms with van der Waals surface area (Å²) in [7, 11) is -4.32. The first-order chi connectivity index (χ1) is 9.57. The molecule has 1 saturated heterocycles. The van der Waals surface area contributed by atoms with E-state index in [4.69, 9.17) is 4.74 Å². The minimum Gasteiger partial charge on any atom is -0.378 e.